The topological polar surface area (TPSA) is 38.0 Å². The van der Waals surface area contributed by atoms with E-state index >= 15 is 0 Å². The molecule has 0 unspecified atom stereocenters. The van der Waals surface area contributed by atoms with Crippen molar-refractivity contribution in [2.24, 2.45) is 0 Å². The molecule has 27 heavy (non-hydrogen) atoms. The number of hydrogen-bond acceptors (Lipinski definition) is 3. The molecule has 2 aromatic carbocycles. The molecule has 0 amide bonds. The molecule has 1 N–H and O–H groups in total. The molecule has 1 heterocycles. The largest absolute Gasteiger partial charge is 0.416 e. The minimum Gasteiger partial charge on any atom is -0.390 e. The highest BCUT2D eigenvalue weighted by atomic mass is 35.5. The van der Waals surface area contributed by atoms with Gasteiger partial charge in [0.2, 0.25) is 0 Å². The third-order valence-corrected chi connectivity index (χ3v) is 5.18. The van der Waals surface area contributed by atoms with Gasteiger partial charge in [-0.25, -0.2) is 4.98 Å². The highest BCUT2D eigenvalue weighted by Gasteiger charge is 2.29. The lowest BCUT2D eigenvalue weighted by Crippen LogP contribution is -2.04. The summed E-state index contributed by atoms with van der Waals surface area (Å²) in [5.41, 5.74) is 1.67. The van der Waals surface area contributed by atoms with Gasteiger partial charge in [-0.05, 0) is 35.4 Å². The molecule has 142 valence electrons. The van der Waals surface area contributed by atoms with Gasteiger partial charge in [-0.2, -0.15) is 13.2 Å². The van der Waals surface area contributed by atoms with E-state index in [9.17, 15) is 18.3 Å². The van der Waals surface area contributed by atoms with Crippen LogP contribution in [0.1, 0.15) is 22.4 Å². The van der Waals surface area contributed by atoms with E-state index in [0.717, 1.165) is 23.3 Å². The van der Waals surface area contributed by atoms with Crippen LogP contribution in [0.4, 0.5) is 13.2 Å². The summed E-state index contributed by atoms with van der Waals surface area (Å²) in [5.74, 6) is 0.473. The highest BCUT2D eigenvalue weighted by molar-refractivity contribution is 7.98. The van der Waals surface area contributed by atoms with Crippen molar-refractivity contribution in [3.05, 3.63) is 82.1 Å². The number of imidazole rings is 1. The fourth-order valence-corrected chi connectivity index (χ4v) is 3.56. The van der Waals surface area contributed by atoms with Crippen LogP contribution in [0.5, 0.6) is 0 Å². The first-order chi connectivity index (χ1) is 12.8. The van der Waals surface area contributed by atoms with Gasteiger partial charge in [-0.3, -0.25) is 0 Å². The van der Waals surface area contributed by atoms with Gasteiger partial charge < -0.3 is 9.67 Å². The maximum atomic E-state index is 12.6. The molecule has 0 aliphatic rings. The van der Waals surface area contributed by atoms with Crippen LogP contribution in [-0.2, 0) is 25.1 Å². The Morgan fingerprint density at radius 2 is 1.63 bits per heavy atom. The van der Waals surface area contributed by atoms with Crippen LogP contribution in [-0.4, -0.2) is 14.7 Å². The fraction of sp³-hybridized carbons (Fsp3) is 0.211. The number of hydrogen-bond donors (Lipinski definition) is 1. The zero-order chi connectivity index (χ0) is 19.4. The zero-order valence-corrected chi connectivity index (χ0v) is 15.7. The number of aliphatic hydroxyl groups excluding tert-OH is 1. The van der Waals surface area contributed by atoms with Crippen LogP contribution in [0, 0.1) is 0 Å². The molecule has 3 nitrogen and oxygen atoms in total. The summed E-state index contributed by atoms with van der Waals surface area (Å²) in [4.78, 5) is 4.38. The summed E-state index contributed by atoms with van der Waals surface area (Å²) in [5, 5.41) is 10.7. The van der Waals surface area contributed by atoms with Gasteiger partial charge >= 0.3 is 6.18 Å². The van der Waals surface area contributed by atoms with E-state index in [4.69, 9.17) is 11.6 Å². The minimum atomic E-state index is -4.34. The molecule has 0 radical (unpaired) electrons. The monoisotopic (exact) mass is 412 g/mol. The van der Waals surface area contributed by atoms with E-state index in [2.05, 4.69) is 4.98 Å². The molecule has 0 aliphatic heterocycles. The SMILES string of the molecule is OCc1cn(Cc2ccc(Cl)cc2)c(SCc2ccc(C(F)(F)F)cc2)n1. The third-order valence-electron chi connectivity index (χ3n) is 3.87. The molecule has 0 atom stereocenters. The molecular weight excluding hydrogens is 397 g/mol. The second-order valence-electron chi connectivity index (χ2n) is 5.91. The predicted molar refractivity (Wildman–Crippen MR) is 99.7 cm³/mol. The molecular formula is C19H16ClF3N2OS. The van der Waals surface area contributed by atoms with Crippen molar-refractivity contribution in [3.8, 4) is 0 Å². The Balaban J connectivity index is 1.72. The van der Waals surface area contributed by atoms with Crippen LogP contribution >= 0.6 is 23.4 Å². The van der Waals surface area contributed by atoms with E-state index in [1.54, 1.807) is 18.3 Å². The van der Waals surface area contributed by atoms with Gasteiger partial charge in [0.1, 0.15) is 0 Å². The maximum absolute atomic E-state index is 12.6. The Kier molecular flexibility index (Phi) is 6.14. The first-order valence-corrected chi connectivity index (χ1v) is 9.42. The number of aliphatic hydroxyl groups is 1. The molecule has 0 bridgehead atoms. The Morgan fingerprint density at radius 3 is 2.22 bits per heavy atom. The quantitative estimate of drug-likeness (QED) is 0.552. The van der Waals surface area contributed by atoms with Crippen LogP contribution in [0.15, 0.2) is 59.9 Å². The molecule has 3 rings (SSSR count). The van der Waals surface area contributed by atoms with Crippen molar-refractivity contribution in [2.45, 2.75) is 30.2 Å². The van der Waals surface area contributed by atoms with Gasteiger partial charge in [0, 0.05) is 23.5 Å². The number of aromatic nitrogens is 2. The maximum Gasteiger partial charge on any atom is 0.416 e. The lowest BCUT2D eigenvalue weighted by Gasteiger charge is -2.09. The summed E-state index contributed by atoms with van der Waals surface area (Å²) in [6.45, 7) is 0.376. The lowest BCUT2D eigenvalue weighted by molar-refractivity contribution is -0.137. The van der Waals surface area contributed by atoms with E-state index in [0.29, 0.717) is 28.2 Å². The number of thioether (sulfide) groups is 1. The molecule has 1 aromatic heterocycles. The molecule has 0 spiro atoms. The number of rotatable bonds is 6. The Bertz CT molecular complexity index is 893. The molecule has 0 saturated heterocycles. The summed E-state index contributed by atoms with van der Waals surface area (Å²) in [6, 6.07) is 12.5. The van der Waals surface area contributed by atoms with Crippen molar-refractivity contribution in [3.63, 3.8) is 0 Å². The van der Waals surface area contributed by atoms with E-state index < -0.39 is 11.7 Å². The van der Waals surface area contributed by atoms with Crippen LogP contribution in [0.2, 0.25) is 5.02 Å². The van der Waals surface area contributed by atoms with Crippen LogP contribution in [0.3, 0.4) is 0 Å². The first-order valence-electron chi connectivity index (χ1n) is 8.05. The fourth-order valence-electron chi connectivity index (χ4n) is 2.48. The molecule has 8 heteroatoms. The Morgan fingerprint density at radius 1 is 1.00 bits per heavy atom. The summed E-state index contributed by atoms with van der Waals surface area (Å²) in [6.07, 6.45) is -2.57. The van der Waals surface area contributed by atoms with Crippen molar-refractivity contribution in [1.29, 1.82) is 0 Å². The Hall–Kier alpha value is -1.96. The van der Waals surface area contributed by atoms with Gasteiger partial charge in [0.15, 0.2) is 5.16 Å². The first kappa shape index (κ1) is 19.8. The van der Waals surface area contributed by atoms with Gasteiger partial charge in [-0.1, -0.05) is 47.6 Å². The van der Waals surface area contributed by atoms with Crippen molar-refractivity contribution in [1.82, 2.24) is 9.55 Å². The summed E-state index contributed by atoms with van der Waals surface area (Å²) >= 11 is 7.31. The summed E-state index contributed by atoms with van der Waals surface area (Å²) in [7, 11) is 0. The predicted octanol–water partition coefficient (Wildman–Crippen LogP) is 5.39. The van der Waals surface area contributed by atoms with Crippen LogP contribution < -0.4 is 0 Å². The molecule has 0 saturated carbocycles. The van der Waals surface area contributed by atoms with Crippen molar-refractivity contribution < 1.29 is 18.3 Å². The lowest BCUT2D eigenvalue weighted by atomic mass is 10.1. The van der Waals surface area contributed by atoms with E-state index in [1.807, 2.05) is 16.7 Å². The highest BCUT2D eigenvalue weighted by Crippen LogP contribution is 2.30. The molecule has 0 aliphatic carbocycles. The summed E-state index contributed by atoms with van der Waals surface area (Å²) < 4.78 is 39.8. The van der Waals surface area contributed by atoms with Gasteiger partial charge in [0.25, 0.3) is 0 Å². The Labute approximate surface area is 163 Å². The second kappa shape index (κ2) is 8.37. The van der Waals surface area contributed by atoms with Gasteiger partial charge in [0.05, 0.1) is 17.9 Å². The third kappa shape index (κ3) is 5.28. The zero-order valence-electron chi connectivity index (χ0n) is 14.1. The van der Waals surface area contributed by atoms with Crippen LogP contribution in [0.25, 0.3) is 0 Å². The average molecular weight is 413 g/mol. The number of nitrogens with zero attached hydrogens (tertiary/aromatic N) is 2. The number of benzene rings is 2. The van der Waals surface area contributed by atoms with Crippen molar-refractivity contribution in [2.75, 3.05) is 0 Å². The van der Waals surface area contributed by atoms with E-state index in [-0.39, 0.29) is 6.61 Å². The molecule has 0 fully saturated rings. The number of halogens is 4. The minimum absolute atomic E-state index is 0.179. The van der Waals surface area contributed by atoms with Crippen molar-refractivity contribution >= 4 is 23.4 Å². The van der Waals surface area contributed by atoms with Gasteiger partial charge in [-0.15, -0.1) is 0 Å². The van der Waals surface area contributed by atoms with E-state index in [1.165, 1.54) is 23.9 Å². The second-order valence-corrected chi connectivity index (χ2v) is 7.29. The number of alkyl halides is 3. The standard InChI is InChI=1S/C19H16ClF3N2OS/c20-16-7-3-13(4-8-16)9-25-10-17(11-26)24-18(25)27-12-14-1-5-15(6-2-14)19(21,22)23/h1-8,10,26H,9,11-12H2. The normalized spacial score (nSPS) is 11.7. The molecule has 3 aromatic rings. The smallest absolute Gasteiger partial charge is 0.390 e. The average Bonchev–Trinajstić information content (AvgIpc) is 3.03.